The highest BCUT2D eigenvalue weighted by Gasteiger charge is 2.25. The Bertz CT molecular complexity index is 829. The average molecular weight is 437 g/mol. The highest BCUT2D eigenvalue weighted by atomic mass is 16.1. The second-order valence-electron chi connectivity index (χ2n) is 9.07. The van der Waals surface area contributed by atoms with Crippen LogP contribution in [0.3, 0.4) is 0 Å². The molecule has 172 valence electrons. The van der Waals surface area contributed by atoms with Crippen LogP contribution in [0.4, 0.5) is 11.6 Å². The fraction of sp³-hybridized carbons (Fsp3) is 0.560. The lowest BCUT2D eigenvalue weighted by atomic mass is 9.96. The number of amides is 1. The molecular formula is C25H36N6O. The van der Waals surface area contributed by atoms with E-state index < -0.39 is 0 Å². The van der Waals surface area contributed by atoms with Crippen molar-refractivity contribution in [2.24, 2.45) is 5.92 Å². The van der Waals surface area contributed by atoms with Crippen LogP contribution in [-0.2, 0) is 11.3 Å². The molecule has 7 nitrogen and oxygen atoms in total. The molecule has 4 rings (SSSR count). The van der Waals surface area contributed by atoms with Gasteiger partial charge < -0.3 is 20.0 Å². The number of nitrogens with zero attached hydrogens (tertiary/aromatic N) is 5. The molecule has 2 aliphatic heterocycles. The molecule has 0 bridgehead atoms. The fourth-order valence-corrected chi connectivity index (χ4v) is 4.64. The Kier molecular flexibility index (Phi) is 7.93. The minimum absolute atomic E-state index is 0.0891. The van der Waals surface area contributed by atoms with E-state index in [4.69, 9.17) is 0 Å². The quantitative estimate of drug-likeness (QED) is 0.687. The number of hydrogen-bond donors (Lipinski definition) is 1. The summed E-state index contributed by atoms with van der Waals surface area (Å²) in [5.41, 5.74) is 1.29. The van der Waals surface area contributed by atoms with E-state index in [1.165, 1.54) is 24.8 Å². The number of carbonyl (C=O) groups is 1. The molecule has 0 unspecified atom stereocenters. The number of aromatic nitrogens is 2. The molecule has 1 aromatic heterocycles. The zero-order valence-electron chi connectivity index (χ0n) is 19.2. The van der Waals surface area contributed by atoms with Crippen molar-refractivity contribution in [2.75, 3.05) is 56.1 Å². The van der Waals surface area contributed by atoms with E-state index in [1.54, 1.807) is 0 Å². The molecule has 0 radical (unpaired) electrons. The summed E-state index contributed by atoms with van der Waals surface area (Å²) in [6.07, 6.45) is 5.52. The molecule has 3 heterocycles. The second-order valence-corrected chi connectivity index (χ2v) is 9.07. The number of benzene rings is 1. The Morgan fingerprint density at radius 3 is 2.19 bits per heavy atom. The van der Waals surface area contributed by atoms with Gasteiger partial charge in [-0.05, 0) is 56.8 Å². The van der Waals surface area contributed by atoms with Crippen LogP contribution in [0.25, 0.3) is 0 Å². The topological polar surface area (TPSA) is 64.6 Å². The van der Waals surface area contributed by atoms with Crippen molar-refractivity contribution in [3.8, 4) is 0 Å². The highest BCUT2D eigenvalue weighted by Crippen LogP contribution is 2.23. The summed E-state index contributed by atoms with van der Waals surface area (Å²) >= 11 is 0. The predicted octanol–water partition coefficient (Wildman–Crippen LogP) is 2.93. The molecular weight excluding hydrogens is 400 g/mol. The summed E-state index contributed by atoms with van der Waals surface area (Å²) in [6.45, 7) is 6.29. The SMILES string of the molecule is CN(CCNC(=O)C1CCN(c2ccc(N3CCCCC3)nn2)CC1)Cc1ccccc1. The Balaban J connectivity index is 1.17. The van der Waals surface area contributed by atoms with Crippen molar-refractivity contribution in [1.29, 1.82) is 0 Å². The lowest BCUT2D eigenvalue weighted by Crippen LogP contribution is -2.42. The number of nitrogens with one attached hydrogen (secondary N) is 1. The van der Waals surface area contributed by atoms with Crippen molar-refractivity contribution < 1.29 is 4.79 Å². The van der Waals surface area contributed by atoms with E-state index in [2.05, 4.69) is 73.7 Å². The lowest BCUT2D eigenvalue weighted by Gasteiger charge is -2.32. The largest absolute Gasteiger partial charge is 0.355 e. The zero-order chi connectivity index (χ0) is 22.2. The van der Waals surface area contributed by atoms with Gasteiger partial charge in [-0.2, -0.15) is 0 Å². The number of piperidine rings is 2. The maximum Gasteiger partial charge on any atom is 0.223 e. The molecule has 0 atom stereocenters. The standard InChI is InChI=1S/C25H36N6O/c1-29(20-21-8-4-2-5-9-21)19-14-26-25(32)22-12-17-31(18-13-22)24-11-10-23(27-28-24)30-15-6-3-7-16-30/h2,4-5,8-11,22H,3,6-7,12-20H2,1H3,(H,26,32). The highest BCUT2D eigenvalue weighted by molar-refractivity contribution is 5.79. The van der Waals surface area contributed by atoms with Crippen LogP contribution in [-0.4, -0.2) is 67.3 Å². The number of anilines is 2. The summed E-state index contributed by atoms with van der Waals surface area (Å²) in [5.74, 6) is 2.18. The second kappa shape index (κ2) is 11.3. The first-order valence-corrected chi connectivity index (χ1v) is 12.0. The molecule has 0 saturated carbocycles. The average Bonchev–Trinajstić information content (AvgIpc) is 2.85. The normalized spacial score (nSPS) is 17.6. The fourth-order valence-electron chi connectivity index (χ4n) is 4.64. The number of carbonyl (C=O) groups excluding carboxylic acids is 1. The van der Waals surface area contributed by atoms with Gasteiger partial charge in [0.25, 0.3) is 0 Å². The van der Waals surface area contributed by atoms with Gasteiger partial charge in [-0.25, -0.2) is 0 Å². The Labute approximate surface area is 191 Å². The summed E-state index contributed by atoms with van der Waals surface area (Å²) in [6, 6.07) is 14.6. The van der Waals surface area contributed by atoms with Crippen molar-refractivity contribution in [3.63, 3.8) is 0 Å². The molecule has 1 N–H and O–H groups in total. The monoisotopic (exact) mass is 436 g/mol. The molecule has 2 saturated heterocycles. The minimum atomic E-state index is 0.0891. The molecule has 0 spiro atoms. The van der Waals surface area contributed by atoms with Gasteiger partial charge in [0.2, 0.25) is 5.91 Å². The minimum Gasteiger partial charge on any atom is -0.355 e. The van der Waals surface area contributed by atoms with E-state index in [-0.39, 0.29) is 11.8 Å². The molecule has 1 amide bonds. The molecule has 2 aromatic rings. The van der Waals surface area contributed by atoms with Gasteiger partial charge in [0.05, 0.1) is 0 Å². The first kappa shape index (κ1) is 22.5. The van der Waals surface area contributed by atoms with Crippen LogP contribution >= 0.6 is 0 Å². The third kappa shape index (κ3) is 6.19. The van der Waals surface area contributed by atoms with Crippen LogP contribution in [0.15, 0.2) is 42.5 Å². The zero-order valence-corrected chi connectivity index (χ0v) is 19.2. The van der Waals surface area contributed by atoms with E-state index in [1.807, 2.05) is 6.07 Å². The maximum atomic E-state index is 12.6. The van der Waals surface area contributed by atoms with Crippen LogP contribution in [0.2, 0.25) is 0 Å². The third-order valence-electron chi connectivity index (χ3n) is 6.59. The van der Waals surface area contributed by atoms with Gasteiger partial charge >= 0.3 is 0 Å². The maximum absolute atomic E-state index is 12.6. The molecule has 2 aliphatic rings. The van der Waals surface area contributed by atoms with E-state index >= 15 is 0 Å². The molecule has 32 heavy (non-hydrogen) atoms. The number of rotatable bonds is 8. The third-order valence-corrected chi connectivity index (χ3v) is 6.59. The van der Waals surface area contributed by atoms with E-state index in [0.717, 1.165) is 63.7 Å². The van der Waals surface area contributed by atoms with Gasteiger partial charge in [0.15, 0.2) is 11.6 Å². The van der Waals surface area contributed by atoms with Gasteiger partial charge in [0.1, 0.15) is 0 Å². The summed E-state index contributed by atoms with van der Waals surface area (Å²) in [4.78, 5) is 19.4. The van der Waals surface area contributed by atoms with Crippen molar-refractivity contribution in [1.82, 2.24) is 20.4 Å². The van der Waals surface area contributed by atoms with Crippen molar-refractivity contribution in [3.05, 3.63) is 48.0 Å². The Morgan fingerprint density at radius 2 is 1.56 bits per heavy atom. The van der Waals surface area contributed by atoms with E-state index in [0.29, 0.717) is 6.54 Å². The van der Waals surface area contributed by atoms with Crippen LogP contribution in [0.1, 0.15) is 37.7 Å². The van der Waals surface area contributed by atoms with Gasteiger partial charge in [-0.1, -0.05) is 30.3 Å². The first-order valence-electron chi connectivity index (χ1n) is 12.0. The van der Waals surface area contributed by atoms with Gasteiger partial charge in [-0.3, -0.25) is 4.79 Å². The van der Waals surface area contributed by atoms with Crippen LogP contribution in [0, 0.1) is 5.92 Å². The first-order chi connectivity index (χ1) is 15.7. The molecule has 0 aliphatic carbocycles. The Morgan fingerprint density at radius 1 is 0.938 bits per heavy atom. The van der Waals surface area contributed by atoms with Gasteiger partial charge in [0, 0.05) is 51.7 Å². The molecule has 1 aromatic carbocycles. The van der Waals surface area contributed by atoms with Crippen LogP contribution < -0.4 is 15.1 Å². The summed E-state index contributed by atoms with van der Waals surface area (Å²) < 4.78 is 0. The van der Waals surface area contributed by atoms with Crippen LogP contribution in [0.5, 0.6) is 0 Å². The summed E-state index contributed by atoms with van der Waals surface area (Å²) in [7, 11) is 2.09. The molecule has 2 fully saturated rings. The van der Waals surface area contributed by atoms with E-state index in [9.17, 15) is 4.79 Å². The smallest absolute Gasteiger partial charge is 0.223 e. The number of likely N-dealkylation sites (N-methyl/N-ethyl adjacent to an activating group) is 1. The molecule has 7 heteroatoms. The summed E-state index contributed by atoms with van der Waals surface area (Å²) in [5, 5.41) is 12.1. The van der Waals surface area contributed by atoms with Gasteiger partial charge in [-0.15, -0.1) is 10.2 Å². The van der Waals surface area contributed by atoms with Crippen molar-refractivity contribution >= 4 is 17.5 Å². The van der Waals surface area contributed by atoms with Crippen molar-refractivity contribution in [2.45, 2.75) is 38.6 Å². The number of hydrogen-bond acceptors (Lipinski definition) is 6. The lowest BCUT2D eigenvalue weighted by molar-refractivity contribution is -0.125. The predicted molar refractivity (Wildman–Crippen MR) is 129 cm³/mol. The Hall–Kier alpha value is -2.67.